The smallest absolute Gasteiger partial charge is 0.407 e. The van der Waals surface area contributed by atoms with Gasteiger partial charge in [0, 0.05) is 11.6 Å². The number of nitro groups is 1. The summed E-state index contributed by atoms with van der Waals surface area (Å²) in [6.45, 7) is 9.53. The van der Waals surface area contributed by atoms with Gasteiger partial charge in [0.1, 0.15) is 6.61 Å². The van der Waals surface area contributed by atoms with Gasteiger partial charge in [-0.05, 0) is 44.7 Å². The van der Waals surface area contributed by atoms with Crippen LogP contribution in [0, 0.1) is 16.0 Å². The molecule has 6 heteroatoms. The Morgan fingerprint density at radius 3 is 2.50 bits per heavy atom. The molecule has 122 valence electrons. The van der Waals surface area contributed by atoms with Crippen LogP contribution in [0.4, 0.5) is 10.5 Å². The molecule has 1 aromatic carbocycles. The summed E-state index contributed by atoms with van der Waals surface area (Å²) in [7, 11) is 0. The van der Waals surface area contributed by atoms with E-state index >= 15 is 0 Å². The van der Waals surface area contributed by atoms with E-state index < -0.39 is 16.6 Å². The van der Waals surface area contributed by atoms with E-state index in [1.54, 1.807) is 12.1 Å². The Labute approximate surface area is 131 Å². The van der Waals surface area contributed by atoms with Crippen molar-refractivity contribution in [2.24, 2.45) is 5.92 Å². The molecule has 0 aliphatic carbocycles. The Morgan fingerprint density at radius 2 is 2.00 bits per heavy atom. The summed E-state index contributed by atoms with van der Waals surface area (Å²) < 4.78 is 5.10. The molecule has 1 rings (SSSR count). The number of hydrogen-bond donors (Lipinski definition) is 1. The monoisotopic (exact) mass is 308 g/mol. The number of nitrogens with zero attached hydrogens (tertiary/aromatic N) is 1. The van der Waals surface area contributed by atoms with Crippen LogP contribution < -0.4 is 5.32 Å². The van der Waals surface area contributed by atoms with E-state index in [-0.39, 0.29) is 12.3 Å². The van der Waals surface area contributed by atoms with Crippen molar-refractivity contribution in [3.63, 3.8) is 0 Å². The maximum absolute atomic E-state index is 11.7. The molecule has 0 aliphatic heterocycles. The zero-order valence-corrected chi connectivity index (χ0v) is 13.8. The number of amides is 1. The number of carbonyl (C=O) groups is 1. The fourth-order valence-corrected chi connectivity index (χ4v) is 2.02. The van der Waals surface area contributed by atoms with Crippen molar-refractivity contribution >= 4 is 11.8 Å². The van der Waals surface area contributed by atoms with Crippen LogP contribution in [0.15, 0.2) is 18.2 Å². The zero-order chi connectivity index (χ0) is 16.9. The van der Waals surface area contributed by atoms with Gasteiger partial charge in [0.2, 0.25) is 0 Å². The molecule has 1 N–H and O–H groups in total. The normalized spacial score (nSPS) is 11.4. The predicted octanol–water partition coefficient (Wildman–Crippen LogP) is 3.82. The topological polar surface area (TPSA) is 81.5 Å². The molecule has 0 atom stereocenters. The van der Waals surface area contributed by atoms with E-state index in [2.05, 4.69) is 19.2 Å². The van der Waals surface area contributed by atoms with Crippen LogP contribution in [-0.4, -0.2) is 16.6 Å². The van der Waals surface area contributed by atoms with E-state index in [1.165, 1.54) is 6.07 Å². The van der Waals surface area contributed by atoms with E-state index in [1.807, 2.05) is 20.8 Å². The van der Waals surface area contributed by atoms with Crippen molar-refractivity contribution in [1.82, 2.24) is 5.32 Å². The van der Waals surface area contributed by atoms with Gasteiger partial charge < -0.3 is 10.1 Å². The van der Waals surface area contributed by atoms with Crippen LogP contribution in [0.5, 0.6) is 0 Å². The number of hydrogen-bond acceptors (Lipinski definition) is 4. The Bertz CT molecular complexity index is 548. The summed E-state index contributed by atoms with van der Waals surface area (Å²) in [5.41, 5.74) is 0.960. The highest BCUT2D eigenvalue weighted by molar-refractivity contribution is 5.68. The van der Waals surface area contributed by atoms with E-state index in [4.69, 9.17) is 4.74 Å². The van der Waals surface area contributed by atoms with Gasteiger partial charge in [-0.3, -0.25) is 10.1 Å². The average Bonchev–Trinajstić information content (AvgIpc) is 2.33. The van der Waals surface area contributed by atoms with E-state index in [0.29, 0.717) is 11.5 Å². The molecule has 0 aromatic heterocycles. The van der Waals surface area contributed by atoms with Gasteiger partial charge in [-0.1, -0.05) is 19.9 Å². The lowest BCUT2D eigenvalue weighted by molar-refractivity contribution is -0.385. The highest BCUT2D eigenvalue weighted by Gasteiger charge is 2.18. The van der Waals surface area contributed by atoms with Crippen LogP contribution in [0.25, 0.3) is 0 Å². The average molecular weight is 308 g/mol. The second-order valence-electron chi connectivity index (χ2n) is 6.77. The van der Waals surface area contributed by atoms with Gasteiger partial charge >= 0.3 is 6.09 Å². The SMILES string of the molecule is CC(C)Cc1ccc([N+](=O)[O-])c(COC(=O)NC(C)(C)C)c1. The summed E-state index contributed by atoms with van der Waals surface area (Å²) in [5.74, 6) is 0.444. The summed E-state index contributed by atoms with van der Waals surface area (Å²) >= 11 is 0. The molecule has 0 spiro atoms. The van der Waals surface area contributed by atoms with Crippen molar-refractivity contribution in [2.75, 3.05) is 0 Å². The minimum atomic E-state index is -0.587. The van der Waals surface area contributed by atoms with Gasteiger partial charge in [0.25, 0.3) is 5.69 Å². The first kappa shape index (κ1) is 17.9. The Hall–Kier alpha value is -2.11. The maximum atomic E-state index is 11.7. The minimum absolute atomic E-state index is 0.0314. The molecule has 0 unspecified atom stereocenters. The molecular formula is C16H24N2O4. The molecule has 6 nitrogen and oxygen atoms in total. The molecule has 0 bridgehead atoms. The zero-order valence-electron chi connectivity index (χ0n) is 13.8. The van der Waals surface area contributed by atoms with Crippen molar-refractivity contribution in [3.8, 4) is 0 Å². The van der Waals surface area contributed by atoms with Crippen molar-refractivity contribution < 1.29 is 14.5 Å². The minimum Gasteiger partial charge on any atom is -0.444 e. The van der Waals surface area contributed by atoms with Gasteiger partial charge in [-0.2, -0.15) is 0 Å². The standard InChI is InChI=1S/C16H24N2O4/c1-11(2)8-12-6-7-14(18(20)21)13(9-12)10-22-15(19)17-16(3,4)5/h6-7,9,11H,8,10H2,1-5H3,(H,17,19). The number of nitro benzene ring substituents is 1. The number of carbonyl (C=O) groups excluding carboxylic acids is 1. The fraction of sp³-hybridized carbons (Fsp3) is 0.562. The van der Waals surface area contributed by atoms with Crippen molar-refractivity contribution in [1.29, 1.82) is 0 Å². The molecule has 0 aliphatic rings. The third-order valence-corrected chi connectivity index (χ3v) is 2.82. The second kappa shape index (κ2) is 7.24. The number of alkyl carbamates (subject to hydrolysis) is 1. The molecule has 1 amide bonds. The van der Waals surface area contributed by atoms with Crippen LogP contribution >= 0.6 is 0 Å². The molecule has 0 saturated heterocycles. The van der Waals surface area contributed by atoms with Crippen LogP contribution in [-0.2, 0) is 17.8 Å². The highest BCUT2D eigenvalue weighted by Crippen LogP contribution is 2.22. The van der Waals surface area contributed by atoms with Gasteiger partial charge in [-0.25, -0.2) is 4.79 Å². The molecule has 1 aromatic rings. The summed E-state index contributed by atoms with van der Waals surface area (Å²) in [4.78, 5) is 22.3. The second-order valence-corrected chi connectivity index (χ2v) is 6.77. The molecule has 0 heterocycles. The van der Waals surface area contributed by atoms with Crippen molar-refractivity contribution in [2.45, 2.75) is 53.2 Å². The van der Waals surface area contributed by atoms with E-state index in [9.17, 15) is 14.9 Å². The maximum Gasteiger partial charge on any atom is 0.407 e. The van der Waals surface area contributed by atoms with Crippen molar-refractivity contribution in [3.05, 3.63) is 39.4 Å². The quantitative estimate of drug-likeness (QED) is 0.662. The fourth-order valence-electron chi connectivity index (χ4n) is 2.02. The van der Waals surface area contributed by atoms with Crippen LogP contribution in [0.1, 0.15) is 45.7 Å². The first-order valence-corrected chi connectivity index (χ1v) is 7.29. The first-order valence-electron chi connectivity index (χ1n) is 7.29. The first-order chi connectivity index (χ1) is 10.1. The largest absolute Gasteiger partial charge is 0.444 e. The summed E-state index contributed by atoms with van der Waals surface area (Å²) in [5, 5.41) is 13.7. The predicted molar refractivity (Wildman–Crippen MR) is 84.7 cm³/mol. The lowest BCUT2D eigenvalue weighted by Crippen LogP contribution is -2.40. The highest BCUT2D eigenvalue weighted by atomic mass is 16.6. The van der Waals surface area contributed by atoms with Gasteiger partial charge in [-0.15, -0.1) is 0 Å². The number of rotatable bonds is 5. The molecule has 0 fully saturated rings. The van der Waals surface area contributed by atoms with Crippen LogP contribution in [0.3, 0.4) is 0 Å². The lowest BCUT2D eigenvalue weighted by atomic mass is 10.0. The third kappa shape index (κ3) is 6.11. The van der Waals surface area contributed by atoms with Gasteiger partial charge in [0.05, 0.1) is 10.5 Å². The van der Waals surface area contributed by atoms with Gasteiger partial charge in [0.15, 0.2) is 0 Å². The number of ether oxygens (including phenoxy) is 1. The van der Waals surface area contributed by atoms with Crippen LogP contribution in [0.2, 0.25) is 0 Å². The molecule has 0 radical (unpaired) electrons. The molecule has 22 heavy (non-hydrogen) atoms. The molecular weight excluding hydrogens is 284 g/mol. The summed E-state index contributed by atoms with van der Waals surface area (Å²) in [6, 6.07) is 4.96. The Balaban J connectivity index is 2.86. The third-order valence-electron chi connectivity index (χ3n) is 2.82. The molecule has 0 saturated carbocycles. The number of benzene rings is 1. The Kier molecular flexibility index (Phi) is 5.91. The Morgan fingerprint density at radius 1 is 1.36 bits per heavy atom. The number of nitrogens with one attached hydrogen (secondary N) is 1. The van der Waals surface area contributed by atoms with E-state index in [0.717, 1.165) is 12.0 Å². The lowest BCUT2D eigenvalue weighted by Gasteiger charge is -2.20. The summed E-state index contributed by atoms with van der Waals surface area (Å²) in [6.07, 6.45) is 0.232.